The van der Waals surface area contributed by atoms with Crippen molar-refractivity contribution in [3.05, 3.63) is 64.1 Å². The molecule has 0 saturated heterocycles. The molecule has 0 aromatic heterocycles. The normalized spacial score (nSPS) is 10.1. The lowest BCUT2D eigenvalue weighted by molar-refractivity contribution is -0.124. The molecule has 0 atom stereocenters. The Bertz CT molecular complexity index is 718. The van der Waals surface area contributed by atoms with Crippen molar-refractivity contribution in [2.24, 2.45) is 0 Å². The van der Waals surface area contributed by atoms with Crippen molar-refractivity contribution in [2.45, 2.75) is 13.5 Å². The number of hydrogen-bond acceptors (Lipinski definition) is 4. The lowest BCUT2D eigenvalue weighted by atomic mass is 10.2. The van der Waals surface area contributed by atoms with Gasteiger partial charge < -0.3 is 14.8 Å². The summed E-state index contributed by atoms with van der Waals surface area (Å²) in [5, 5.41) is 2.70. The maximum Gasteiger partial charge on any atom is 0.342 e. The zero-order valence-electron chi connectivity index (χ0n) is 13.3. The van der Waals surface area contributed by atoms with Gasteiger partial charge in [-0.3, -0.25) is 4.79 Å². The summed E-state index contributed by atoms with van der Waals surface area (Å²) in [5.41, 5.74) is 1.25. The molecule has 0 bridgehead atoms. The fraction of sp³-hybridized carbons (Fsp3) is 0.222. The third-order valence-electron chi connectivity index (χ3n) is 3.12. The monoisotopic (exact) mass is 391 g/mol. The van der Waals surface area contributed by atoms with Crippen LogP contribution in [-0.4, -0.2) is 25.1 Å². The molecule has 126 valence electrons. The molecule has 0 spiro atoms. The highest BCUT2D eigenvalue weighted by Gasteiger charge is 2.14. The van der Waals surface area contributed by atoms with Crippen LogP contribution in [-0.2, 0) is 16.1 Å². The van der Waals surface area contributed by atoms with E-state index in [0.29, 0.717) is 24.5 Å². The van der Waals surface area contributed by atoms with Gasteiger partial charge in [0.1, 0.15) is 11.3 Å². The molecule has 0 aliphatic carbocycles. The van der Waals surface area contributed by atoms with E-state index in [-0.39, 0.29) is 12.5 Å². The van der Waals surface area contributed by atoms with Crippen LogP contribution in [0.2, 0.25) is 0 Å². The summed E-state index contributed by atoms with van der Waals surface area (Å²) >= 11 is 3.37. The number of ether oxygens (including phenoxy) is 2. The number of amides is 1. The first-order valence-electron chi connectivity index (χ1n) is 7.50. The maximum atomic E-state index is 12.1. The van der Waals surface area contributed by atoms with Gasteiger partial charge in [0.15, 0.2) is 6.61 Å². The van der Waals surface area contributed by atoms with E-state index in [2.05, 4.69) is 21.2 Å². The SMILES string of the molecule is CCOc1ccccc1C(=O)OCC(=O)NCc1cccc(Br)c1. The Morgan fingerprint density at radius 1 is 1.12 bits per heavy atom. The Morgan fingerprint density at radius 2 is 1.92 bits per heavy atom. The average molecular weight is 392 g/mol. The highest BCUT2D eigenvalue weighted by atomic mass is 79.9. The van der Waals surface area contributed by atoms with Gasteiger partial charge in [-0.1, -0.05) is 40.2 Å². The third-order valence-corrected chi connectivity index (χ3v) is 3.61. The molecule has 0 radical (unpaired) electrons. The summed E-state index contributed by atoms with van der Waals surface area (Å²) in [7, 11) is 0. The summed E-state index contributed by atoms with van der Waals surface area (Å²) in [6, 6.07) is 14.4. The molecule has 0 heterocycles. The van der Waals surface area contributed by atoms with Crippen LogP contribution in [0.5, 0.6) is 5.75 Å². The van der Waals surface area contributed by atoms with Crippen LogP contribution in [0.15, 0.2) is 53.0 Å². The molecular formula is C18H18BrNO4. The molecule has 0 aliphatic heterocycles. The van der Waals surface area contributed by atoms with Crippen LogP contribution in [0.25, 0.3) is 0 Å². The Morgan fingerprint density at radius 3 is 2.67 bits per heavy atom. The van der Waals surface area contributed by atoms with Crippen molar-refractivity contribution in [2.75, 3.05) is 13.2 Å². The van der Waals surface area contributed by atoms with Crippen molar-refractivity contribution in [3.8, 4) is 5.75 Å². The van der Waals surface area contributed by atoms with Crippen molar-refractivity contribution in [1.29, 1.82) is 0 Å². The predicted octanol–water partition coefficient (Wildman–Crippen LogP) is 3.32. The first-order valence-corrected chi connectivity index (χ1v) is 8.29. The van der Waals surface area contributed by atoms with E-state index < -0.39 is 5.97 Å². The van der Waals surface area contributed by atoms with Crippen LogP contribution < -0.4 is 10.1 Å². The second-order valence-electron chi connectivity index (χ2n) is 4.91. The zero-order valence-corrected chi connectivity index (χ0v) is 14.8. The quantitative estimate of drug-likeness (QED) is 0.735. The molecule has 0 fully saturated rings. The molecule has 0 saturated carbocycles. The first-order chi connectivity index (χ1) is 11.6. The van der Waals surface area contributed by atoms with E-state index in [1.54, 1.807) is 24.3 Å². The second-order valence-corrected chi connectivity index (χ2v) is 5.83. The van der Waals surface area contributed by atoms with Gasteiger partial charge in [0, 0.05) is 11.0 Å². The van der Waals surface area contributed by atoms with Gasteiger partial charge in [-0.05, 0) is 36.8 Å². The standard InChI is InChI=1S/C18H18BrNO4/c1-2-23-16-9-4-3-8-15(16)18(22)24-12-17(21)20-11-13-6-5-7-14(19)10-13/h3-10H,2,11-12H2,1H3,(H,20,21). The lowest BCUT2D eigenvalue weighted by Crippen LogP contribution is -2.28. The summed E-state index contributed by atoms with van der Waals surface area (Å²) < 4.78 is 11.4. The number of hydrogen-bond donors (Lipinski definition) is 1. The van der Waals surface area contributed by atoms with Crippen molar-refractivity contribution in [3.63, 3.8) is 0 Å². The van der Waals surface area contributed by atoms with E-state index in [9.17, 15) is 9.59 Å². The third kappa shape index (κ3) is 5.38. The van der Waals surface area contributed by atoms with Crippen LogP contribution in [0.4, 0.5) is 0 Å². The van der Waals surface area contributed by atoms with Crippen molar-refractivity contribution >= 4 is 27.8 Å². The Kier molecular flexibility index (Phi) is 6.81. The molecule has 1 amide bonds. The fourth-order valence-electron chi connectivity index (χ4n) is 2.02. The van der Waals surface area contributed by atoms with E-state index in [1.807, 2.05) is 31.2 Å². The summed E-state index contributed by atoms with van der Waals surface area (Å²) in [5.74, 6) is -0.506. The number of halogens is 1. The molecule has 0 aliphatic rings. The molecule has 2 aromatic carbocycles. The minimum Gasteiger partial charge on any atom is -0.493 e. The lowest BCUT2D eigenvalue weighted by Gasteiger charge is -2.10. The molecule has 0 unspecified atom stereocenters. The number of carbonyl (C=O) groups excluding carboxylic acids is 2. The smallest absolute Gasteiger partial charge is 0.342 e. The highest BCUT2D eigenvalue weighted by molar-refractivity contribution is 9.10. The van der Waals surface area contributed by atoms with Crippen LogP contribution in [0.1, 0.15) is 22.8 Å². The predicted molar refractivity (Wildman–Crippen MR) is 93.9 cm³/mol. The number of benzene rings is 2. The van der Waals surface area contributed by atoms with Crippen LogP contribution in [0, 0.1) is 0 Å². The summed E-state index contributed by atoms with van der Waals surface area (Å²) in [6.07, 6.45) is 0. The Balaban J connectivity index is 1.84. The van der Waals surface area contributed by atoms with Crippen molar-refractivity contribution < 1.29 is 19.1 Å². The fourth-order valence-corrected chi connectivity index (χ4v) is 2.47. The minimum atomic E-state index is -0.586. The van der Waals surface area contributed by atoms with E-state index in [0.717, 1.165) is 10.0 Å². The molecule has 5 nitrogen and oxygen atoms in total. The first kappa shape index (κ1) is 18.0. The molecule has 1 N–H and O–H groups in total. The number of carbonyl (C=O) groups is 2. The van der Waals surface area contributed by atoms with E-state index in [1.165, 1.54) is 0 Å². The van der Waals surface area contributed by atoms with Crippen molar-refractivity contribution in [1.82, 2.24) is 5.32 Å². The average Bonchev–Trinajstić information content (AvgIpc) is 2.59. The van der Waals surface area contributed by atoms with Gasteiger partial charge in [0.2, 0.25) is 0 Å². The van der Waals surface area contributed by atoms with E-state index in [4.69, 9.17) is 9.47 Å². The molecule has 6 heteroatoms. The zero-order chi connectivity index (χ0) is 17.4. The largest absolute Gasteiger partial charge is 0.493 e. The number of para-hydroxylation sites is 1. The number of esters is 1. The minimum absolute atomic E-state index is 0.305. The molecule has 2 aromatic rings. The maximum absolute atomic E-state index is 12.1. The second kappa shape index (κ2) is 9.08. The van der Waals surface area contributed by atoms with Gasteiger partial charge >= 0.3 is 5.97 Å². The summed E-state index contributed by atoms with van der Waals surface area (Å²) in [4.78, 5) is 23.9. The van der Waals surface area contributed by atoms with Gasteiger partial charge in [-0.15, -0.1) is 0 Å². The molecule has 24 heavy (non-hydrogen) atoms. The topological polar surface area (TPSA) is 64.6 Å². The van der Waals surface area contributed by atoms with Gasteiger partial charge in [0.25, 0.3) is 5.91 Å². The van der Waals surface area contributed by atoms with Gasteiger partial charge in [-0.2, -0.15) is 0 Å². The van der Waals surface area contributed by atoms with Crippen LogP contribution >= 0.6 is 15.9 Å². The Hall–Kier alpha value is -2.34. The van der Waals surface area contributed by atoms with E-state index >= 15 is 0 Å². The molecule has 2 rings (SSSR count). The summed E-state index contributed by atoms with van der Waals surface area (Å²) in [6.45, 7) is 2.30. The van der Waals surface area contributed by atoms with Gasteiger partial charge in [0.05, 0.1) is 6.61 Å². The number of rotatable bonds is 7. The van der Waals surface area contributed by atoms with Crippen LogP contribution in [0.3, 0.4) is 0 Å². The van der Waals surface area contributed by atoms with Gasteiger partial charge in [-0.25, -0.2) is 4.79 Å². The molecular weight excluding hydrogens is 374 g/mol. The Labute approximate surface area is 149 Å². The number of nitrogens with one attached hydrogen (secondary N) is 1. The highest BCUT2D eigenvalue weighted by Crippen LogP contribution is 2.18.